The number of hydrogen-bond donors (Lipinski definition) is 1. The van der Waals surface area contributed by atoms with Gasteiger partial charge in [-0.3, -0.25) is 4.98 Å². The molecule has 112 valence electrons. The molecule has 0 fully saturated rings. The smallest absolute Gasteiger partial charge is 0.237 e. The van der Waals surface area contributed by atoms with Crippen molar-refractivity contribution in [1.29, 1.82) is 0 Å². The van der Waals surface area contributed by atoms with E-state index in [-0.39, 0.29) is 12.0 Å². The Morgan fingerprint density at radius 3 is 2.43 bits per heavy atom. The van der Waals surface area contributed by atoms with Crippen molar-refractivity contribution < 1.29 is 9.84 Å². The zero-order valence-electron chi connectivity index (χ0n) is 13.1. The molecule has 0 saturated heterocycles. The number of hydrogen-bond acceptors (Lipinski definition) is 4. The Morgan fingerprint density at radius 1 is 1.14 bits per heavy atom. The van der Waals surface area contributed by atoms with E-state index in [1.165, 1.54) is 18.0 Å². The molecule has 0 aliphatic carbocycles. The molecule has 1 N–H and O–H groups in total. The summed E-state index contributed by atoms with van der Waals surface area (Å²) in [7, 11) is 0. The van der Waals surface area contributed by atoms with Gasteiger partial charge in [0.05, 0.1) is 24.7 Å². The van der Waals surface area contributed by atoms with Gasteiger partial charge in [-0.1, -0.05) is 39.8 Å². The van der Waals surface area contributed by atoms with Gasteiger partial charge < -0.3 is 9.84 Å². The Morgan fingerprint density at radius 2 is 1.90 bits per heavy atom. The van der Waals surface area contributed by atoms with E-state index in [1.54, 1.807) is 0 Å². The van der Waals surface area contributed by atoms with Crippen molar-refractivity contribution in [2.75, 3.05) is 0 Å². The lowest BCUT2D eigenvalue weighted by atomic mass is 9.85. The van der Waals surface area contributed by atoms with Crippen molar-refractivity contribution in [3.05, 3.63) is 47.4 Å². The summed E-state index contributed by atoms with van der Waals surface area (Å²) in [5, 5.41) is 8.98. The normalized spacial score (nSPS) is 11.5. The number of nitrogens with zero attached hydrogens (tertiary/aromatic N) is 2. The maximum atomic E-state index is 8.98. The van der Waals surface area contributed by atoms with E-state index in [9.17, 15) is 0 Å². The lowest BCUT2D eigenvalue weighted by Crippen LogP contribution is -2.13. The molecule has 0 atom stereocenters. The fraction of sp³-hybridized carbons (Fsp3) is 0.412. The average molecular weight is 286 g/mol. The predicted molar refractivity (Wildman–Crippen MR) is 82.5 cm³/mol. The summed E-state index contributed by atoms with van der Waals surface area (Å²) in [6.45, 7) is 8.51. The van der Waals surface area contributed by atoms with E-state index in [1.807, 2.05) is 6.07 Å². The maximum Gasteiger partial charge on any atom is 0.237 e. The minimum Gasteiger partial charge on any atom is -0.437 e. The van der Waals surface area contributed by atoms with Crippen molar-refractivity contribution in [3.63, 3.8) is 0 Å². The molecule has 1 heterocycles. The lowest BCUT2D eigenvalue weighted by Gasteiger charge is -2.23. The van der Waals surface area contributed by atoms with Crippen LogP contribution < -0.4 is 4.74 Å². The highest BCUT2D eigenvalue weighted by Gasteiger charge is 2.20. The molecule has 0 unspecified atom stereocenters. The molecule has 1 aromatic carbocycles. The average Bonchev–Trinajstić information content (AvgIpc) is 2.47. The fourth-order valence-electron chi connectivity index (χ4n) is 2.06. The molecule has 4 nitrogen and oxygen atoms in total. The monoisotopic (exact) mass is 286 g/mol. The Kier molecular flexibility index (Phi) is 4.58. The minimum absolute atomic E-state index is 0.0149. The molecule has 2 aromatic rings. The van der Waals surface area contributed by atoms with Gasteiger partial charge in [0.1, 0.15) is 5.75 Å². The first kappa shape index (κ1) is 15.4. The fourth-order valence-corrected chi connectivity index (χ4v) is 2.06. The number of aliphatic hydroxyl groups is 1. The second-order valence-electron chi connectivity index (χ2n) is 6.04. The first-order valence-corrected chi connectivity index (χ1v) is 7.17. The molecule has 4 heteroatoms. The van der Waals surface area contributed by atoms with Crippen LogP contribution >= 0.6 is 0 Å². The van der Waals surface area contributed by atoms with Gasteiger partial charge in [0.2, 0.25) is 5.88 Å². The molecule has 0 radical (unpaired) electrons. The number of ether oxygens (including phenoxy) is 1. The van der Waals surface area contributed by atoms with E-state index in [4.69, 9.17) is 9.84 Å². The Bertz CT molecular complexity index is 601. The second kappa shape index (κ2) is 6.22. The largest absolute Gasteiger partial charge is 0.437 e. The number of aryl methyl sites for hydroxylation is 1. The molecule has 2 rings (SSSR count). The van der Waals surface area contributed by atoms with Crippen LogP contribution in [0.5, 0.6) is 11.6 Å². The van der Waals surface area contributed by atoms with Crippen LogP contribution in [0, 0.1) is 0 Å². The summed E-state index contributed by atoms with van der Waals surface area (Å²) in [4.78, 5) is 8.25. The van der Waals surface area contributed by atoms with Crippen LogP contribution in [0.2, 0.25) is 0 Å². The molecule has 1 aromatic heterocycles. The van der Waals surface area contributed by atoms with Gasteiger partial charge in [-0.15, -0.1) is 0 Å². The van der Waals surface area contributed by atoms with E-state index < -0.39 is 0 Å². The van der Waals surface area contributed by atoms with Crippen LogP contribution in [0.25, 0.3) is 0 Å². The topological polar surface area (TPSA) is 55.2 Å². The van der Waals surface area contributed by atoms with Crippen LogP contribution in [0.1, 0.15) is 44.5 Å². The summed E-state index contributed by atoms with van der Waals surface area (Å²) >= 11 is 0. The molecule has 0 aliphatic rings. The van der Waals surface area contributed by atoms with E-state index in [0.29, 0.717) is 11.6 Å². The molecule has 0 bridgehead atoms. The van der Waals surface area contributed by atoms with Gasteiger partial charge in [0.25, 0.3) is 0 Å². The van der Waals surface area contributed by atoms with Crippen LogP contribution in [0.4, 0.5) is 0 Å². The number of rotatable bonds is 4. The van der Waals surface area contributed by atoms with Crippen molar-refractivity contribution >= 4 is 0 Å². The minimum atomic E-state index is -0.119. The summed E-state index contributed by atoms with van der Waals surface area (Å²) in [5.74, 6) is 1.23. The highest BCUT2D eigenvalue weighted by atomic mass is 16.5. The van der Waals surface area contributed by atoms with Crippen molar-refractivity contribution in [2.24, 2.45) is 0 Å². The Labute approximate surface area is 125 Å². The SMILES string of the molecule is CCc1ccc(Oc2cnc(CO)cn2)c(C(C)(C)C)c1. The Balaban J connectivity index is 2.34. The van der Waals surface area contributed by atoms with Gasteiger partial charge >= 0.3 is 0 Å². The summed E-state index contributed by atoms with van der Waals surface area (Å²) in [6.07, 6.45) is 4.05. The second-order valence-corrected chi connectivity index (χ2v) is 6.04. The molecule has 21 heavy (non-hydrogen) atoms. The van der Waals surface area contributed by atoms with Crippen molar-refractivity contribution in [3.8, 4) is 11.6 Å². The lowest BCUT2D eigenvalue weighted by molar-refractivity contribution is 0.275. The summed E-state index contributed by atoms with van der Waals surface area (Å²) in [5.41, 5.74) is 2.95. The molecule has 0 amide bonds. The van der Waals surface area contributed by atoms with Crippen LogP contribution in [-0.2, 0) is 18.4 Å². The van der Waals surface area contributed by atoms with Crippen molar-refractivity contribution in [1.82, 2.24) is 9.97 Å². The highest BCUT2D eigenvalue weighted by Crippen LogP contribution is 2.34. The number of benzene rings is 1. The quantitative estimate of drug-likeness (QED) is 0.932. The van der Waals surface area contributed by atoms with Crippen molar-refractivity contribution in [2.45, 2.75) is 46.1 Å². The number of aliphatic hydroxyl groups excluding tert-OH is 1. The van der Waals surface area contributed by atoms with Crippen LogP contribution in [0.3, 0.4) is 0 Å². The van der Waals surface area contributed by atoms with Gasteiger partial charge in [0.15, 0.2) is 0 Å². The van der Waals surface area contributed by atoms with Gasteiger partial charge in [-0.05, 0) is 23.5 Å². The summed E-state index contributed by atoms with van der Waals surface area (Å²) in [6, 6.07) is 6.24. The first-order valence-electron chi connectivity index (χ1n) is 7.17. The zero-order valence-corrected chi connectivity index (χ0v) is 13.1. The van der Waals surface area contributed by atoms with E-state index in [0.717, 1.165) is 17.7 Å². The molecular formula is C17H22N2O2. The standard InChI is InChI=1S/C17H22N2O2/c1-5-12-6-7-15(14(8-12)17(2,3)4)21-16-10-18-13(11-20)9-19-16/h6-10,20H,5,11H2,1-4H3. The third-order valence-electron chi connectivity index (χ3n) is 3.32. The van der Waals surface area contributed by atoms with Crippen LogP contribution in [-0.4, -0.2) is 15.1 Å². The third-order valence-corrected chi connectivity index (χ3v) is 3.32. The zero-order chi connectivity index (χ0) is 15.5. The highest BCUT2D eigenvalue weighted by molar-refractivity contribution is 5.43. The van der Waals surface area contributed by atoms with E-state index >= 15 is 0 Å². The van der Waals surface area contributed by atoms with E-state index in [2.05, 4.69) is 49.8 Å². The summed E-state index contributed by atoms with van der Waals surface area (Å²) < 4.78 is 5.88. The molecule has 0 aliphatic heterocycles. The van der Waals surface area contributed by atoms with Gasteiger partial charge in [-0.2, -0.15) is 0 Å². The molecular weight excluding hydrogens is 264 g/mol. The van der Waals surface area contributed by atoms with Gasteiger partial charge in [0, 0.05) is 5.56 Å². The Hall–Kier alpha value is -1.94. The van der Waals surface area contributed by atoms with Crippen LogP contribution in [0.15, 0.2) is 30.6 Å². The van der Waals surface area contributed by atoms with Gasteiger partial charge in [-0.25, -0.2) is 4.98 Å². The maximum absolute atomic E-state index is 8.98. The molecule has 0 saturated carbocycles. The number of aromatic nitrogens is 2. The molecule has 0 spiro atoms. The predicted octanol–water partition coefficient (Wildman–Crippen LogP) is 3.62. The first-order chi connectivity index (χ1) is 9.94. The third kappa shape index (κ3) is 3.79.